The molecule has 2 aromatic carbocycles. The second-order valence-electron chi connectivity index (χ2n) is 8.06. The first-order valence-corrected chi connectivity index (χ1v) is 10.4. The number of aryl methyl sites for hydroxylation is 2. The molecule has 29 heavy (non-hydrogen) atoms. The molecule has 0 aliphatic rings. The Bertz CT molecular complexity index is 846. The molecule has 0 aromatic heterocycles. The summed E-state index contributed by atoms with van der Waals surface area (Å²) in [6.07, 6.45) is 0.260. The minimum atomic E-state index is -0.566. The highest BCUT2D eigenvalue weighted by molar-refractivity contribution is 6.30. The van der Waals surface area contributed by atoms with Crippen molar-refractivity contribution in [3.63, 3.8) is 0 Å². The van der Waals surface area contributed by atoms with E-state index in [9.17, 15) is 9.59 Å². The summed E-state index contributed by atoms with van der Waals surface area (Å²) >= 11 is 5.98. The highest BCUT2D eigenvalue weighted by atomic mass is 35.5. The predicted octanol–water partition coefficient (Wildman–Crippen LogP) is 4.69. The number of carbonyl (C=O) groups excluding carboxylic acids is 2. The van der Waals surface area contributed by atoms with Crippen LogP contribution in [-0.2, 0) is 22.6 Å². The predicted molar refractivity (Wildman–Crippen MR) is 119 cm³/mol. The molecule has 4 nitrogen and oxygen atoms in total. The second-order valence-corrected chi connectivity index (χ2v) is 8.49. The van der Waals surface area contributed by atoms with E-state index in [2.05, 4.69) is 12.2 Å². The van der Waals surface area contributed by atoms with Crippen LogP contribution in [0.3, 0.4) is 0 Å². The van der Waals surface area contributed by atoms with Crippen LogP contribution in [0.1, 0.15) is 43.0 Å². The van der Waals surface area contributed by atoms with Gasteiger partial charge in [-0.15, -0.1) is 0 Å². The molecule has 2 rings (SSSR count). The number of halogens is 1. The number of carbonyl (C=O) groups is 2. The zero-order chi connectivity index (χ0) is 21.6. The first-order chi connectivity index (χ1) is 13.7. The van der Waals surface area contributed by atoms with E-state index in [-0.39, 0.29) is 18.2 Å². The molecule has 5 heteroatoms. The Morgan fingerprint density at radius 1 is 0.966 bits per heavy atom. The lowest BCUT2D eigenvalue weighted by molar-refractivity contribution is -0.140. The molecule has 0 aliphatic carbocycles. The number of hydrogen-bond acceptors (Lipinski definition) is 2. The molecular formula is C24H31ClN2O2. The van der Waals surface area contributed by atoms with Gasteiger partial charge in [0.1, 0.15) is 6.04 Å². The Morgan fingerprint density at radius 2 is 1.59 bits per heavy atom. The molecule has 0 radical (unpaired) electrons. The van der Waals surface area contributed by atoms with Gasteiger partial charge in [-0.05, 0) is 61.1 Å². The third-order valence-corrected chi connectivity index (χ3v) is 5.30. The molecule has 0 unspecified atom stereocenters. The van der Waals surface area contributed by atoms with Crippen LogP contribution >= 0.6 is 11.6 Å². The molecule has 1 N–H and O–H groups in total. The van der Waals surface area contributed by atoms with Crippen molar-refractivity contribution < 1.29 is 9.59 Å². The topological polar surface area (TPSA) is 49.4 Å². The van der Waals surface area contributed by atoms with Crippen molar-refractivity contribution in [3.8, 4) is 0 Å². The van der Waals surface area contributed by atoms with Gasteiger partial charge >= 0.3 is 0 Å². The maximum Gasteiger partial charge on any atom is 0.242 e. The molecule has 0 fully saturated rings. The quantitative estimate of drug-likeness (QED) is 0.681. The highest BCUT2D eigenvalue weighted by Crippen LogP contribution is 2.16. The van der Waals surface area contributed by atoms with Gasteiger partial charge in [0.05, 0.1) is 6.42 Å². The molecule has 0 aliphatic heterocycles. The van der Waals surface area contributed by atoms with E-state index in [0.29, 0.717) is 24.0 Å². The van der Waals surface area contributed by atoms with Crippen LogP contribution in [0.2, 0.25) is 5.02 Å². The summed E-state index contributed by atoms with van der Waals surface area (Å²) < 4.78 is 0. The molecule has 0 bridgehead atoms. The normalized spacial score (nSPS) is 12.0. The largest absolute Gasteiger partial charge is 0.354 e. The summed E-state index contributed by atoms with van der Waals surface area (Å²) in [5.41, 5.74) is 4.24. The van der Waals surface area contributed by atoms with Gasteiger partial charge in [-0.1, -0.05) is 55.8 Å². The Balaban J connectivity index is 2.21. The highest BCUT2D eigenvalue weighted by Gasteiger charge is 2.26. The zero-order valence-electron chi connectivity index (χ0n) is 18.0. The number of amides is 2. The summed E-state index contributed by atoms with van der Waals surface area (Å²) in [4.78, 5) is 27.5. The fourth-order valence-corrected chi connectivity index (χ4v) is 3.14. The maximum absolute atomic E-state index is 13.2. The summed E-state index contributed by atoms with van der Waals surface area (Å²) in [6, 6.07) is 12.8. The first-order valence-electron chi connectivity index (χ1n) is 10.0. The summed E-state index contributed by atoms with van der Waals surface area (Å²) in [5.74, 6) is 0.138. The molecule has 156 valence electrons. The third-order valence-electron chi connectivity index (χ3n) is 5.04. The number of benzene rings is 2. The van der Waals surface area contributed by atoms with Crippen LogP contribution in [0, 0.1) is 19.8 Å². The van der Waals surface area contributed by atoms with Gasteiger partial charge < -0.3 is 10.2 Å². The van der Waals surface area contributed by atoms with Gasteiger partial charge in [0.2, 0.25) is 11.8 Å². The van der Waals surface area contributed by atoms with Gasteiger partial charge in [0.25, 0.3) is 0 Å². The Morgan fingerprint density at radius 3 is 2.17 bits per heavy atom. The van der Waals surface area contributed by atoms with Crippen molar-refractivity contribution in [1.29, 1.82) is 0 Å². The fraction of sp³-hybridized carbons (Fsp3) is 0.417. The van der Waals surface area contributed by atoms with Crippen molar-refractivity contribution in [1.82, 2.24) is 10.2 Å². The van der Waals surface area contributed by atoms with E-state index in [1.807, 2.05) is 51.1 Å². The lowest BCUT2D eigenvalue weighted by Gasteiger charge is -2.29. The van der Waals surface area contributed by atoms with Crippen LogP contribution in [0.4, 0.5) is 0 Å². The Labute approximate surface area is 179 Å². The molecule has 0 saturated carbocycles. The van der Waals surface area contributed by atoms with E-state index >= 15 is 0 Å². The molecule has 0 heterocycles. The fourth-order valence-electron chi connectivity index (χ4n) is 3.01. The third kappa shape index (κ3) is 6.90. The van der Waals surface area contributed by atoms with Gasteiger partial charge in [-0.25, -0.2) is 0 Å². The lowest BCUT2D eigenvalue weighted by atomic mass is 10.0. The molecule has 0 spiro atoms. The van der Waals surface area contributed by atoms with Crippen LogP contribution < -0.4 is 5.32 Å². The Kier molecular flexibility index (Phi) is 8.27. The monoisotopic (exact) mass is 414 g/mol. The Hall–Kier alpha value is -2.33. The summed E-state index contributed by atoms with van der Waals surface area (Å²) in [7, 11) is 0. The lowest BCUT2D eigenvalue weighted by Crippen LogP contribution is -2.48. The van der Waals surface area contributed by atoms with Gasteiger partial charge in [0.15, 0.2) is 0 Å². The number of nitrogens with zero attached hydrogens (tertiary/aromatic N) is 1. The molecule has 2 aromatic rings. The van der Waals surface area contributed by atoms with E-state index in [0.717, 1.165) is 16.7 Å². The smallest absolute Gasteiger partial charge is 0.242 e. The van der Waals surface area contributed by atoms with Crippen molar-refractivity contribution >= 4 is 23.4 Å². The molecule has 2 amide bonds. The second kappa shape index (κ2) is 10.4. The number of nitrogens with one attached hydrogen (secondary N) is 1. The minimum Gasteiger partial charge on any atom is -0.354 e. The van der Waals surface area contributed by atoms with Gasteiger partial charge in [0, 0.05) is 18.1 Å². The number of rotatable bonds is 8. The molecule has 0 saturated heterocycles. The summed E-state index contributed by atoms with van der Waals surface area (Å²) in [5, 5.41) is 3.58. The minimum absolute atomic E-state index is 0.0737. The average Bonchev–Trinajstić information content (AvgIpc) is 2.67. The standard InChI is InChI=1S/C24H31ClN2O2/c1-16(2)14-26-24(29)19(5)27(15-20-8-10-22(25)11-9-20)23(28)13-21-7-6-17(3)18(4)12-21/h6-12,16,19H,13-15H2,1-5H3,(H,26,29)/t19-/m1/s1. The van der Waals surface area contributed by atoms with Crippen LogP contribution in [0.15, 0.2) is 42.5 Å². The van der Waals surface area contributed by atoms with Gasteiger partial charge in [-0.3, -0.25) is 9.59 Å². The van der Waals surface area contributed by atoms with E-state index < -0.39 is 6.04 Å². The van der Waals surface area contributed by atoms with E-state index in [4.69, 9.17) is 11.6 Å². The maximum atomic E-state index is 13.2. The van der Waals surface area contributed by atoms with Crippen LogP contribution in [0.25, 0.3) is 0 Å². The van der Waals surface area contributed by atoms with Crippen molar-refractivity contribution in [2.75, 3.05) is 6.54 Å². The van der Waals surface area contributed by atoms with Crippen molar-refractivity contribution in [3.05, 3.63) is 69.7 Å². The zero-order valence-corrected chi connectivity index (χ0v) is 18.7. The van der Waals surface area contributed by atoms with Crippen molar-refractivity contribution in [2.24, 2.45) is 5.92 Å². The van der Waals surface area contributed by atoms with Crippen LogP contribution in [-0.4, -0.2) is 29.3 Å². The SMILES string of the molecule is Cc1ccc(CC(=O)N(Cc2ccc(Cl)cc2)[C@H](C)C(=O)NCC(C)C)cc1C. The average molecular weight is 415 g/mol. The summed E-state index contributed by atoms with van der Waals surface area (Å²) in [6.45, 7) is 10.9. The van der Waals surface area contributed by atoms with E-state index in [1.165, 1.54) is 5.56 Å². The first kappa shape index (κ1) is 23.0. The van der Waals surface area contributed by atoms with Crippen molar-refractivity contribution in [2.45, 2.75) is 53.6 Å². The van der Waals surface area contributed by atoms with E-state index in [1.54, 1.807) is 24.0 Å². The molecule has 1 atom stereocenters. The molecular weight excluding hydrogens is 384 g/mol. The van der Waals surface area contributed by atoms with Gasteiger partial charge in [-0.2, -0.15) is 0 Å². The van der Waals surface area contributed by atoms with Crippen LogP contribution in [0.5, 0.6) is 0 Å². The number of hydrogen-bond donors (Lipinski definition) is 1.